The lowest BCUT2D eigenvalue weighted by molar-refractivity contribution is -0.149. The number of aryl methyl sites for hydroxylation is 1. The van der Waals surface area contributed by atoms with Crippen LogP contribution in [0.15, 0.2) is 12.3 Å². The lowest BCUT2D eigenvalue weighted by atomic mass is 9.95. The first-order valence-corrected chi connectivity index (χ1v) is 8.02. The van der Waals surface area contributed by atoms with E-state index in [0.717, 1.165) is 44.0 Å². The summed E-state index contributed by atoms with van der Waals surface area (Å²) in [5.41, 5.74) is 1.00. The first-order chi connectivity index (χ1) is 10.6. The monoisotopic (exact) mass is 304 g/mol. The second kappa shape index (κ2) is 6.71. The van der Waals surface area contributed by atoms with Gasteiger partial charge in [-0.2, -0.15) is 0 Å². The van der Waals surface area contributed by atoms with Crippen LogP contribution in [-0.2, 0) is 9.53 Å². The number of carbonyl (C=O) groups excluding carboxylic acids is 1. The van der Waals surface area contributed by atoms with E-state index in [9.17, 15) is 4.79 Å². The maximum atomic E-state index is 12.5. The van der Waals surface area contributed by atoms with Crippen molar-refractivity contribution in [2.24, 2.45) is 0 Å². The van der Waals surface area contributed by atoms with Crippen LogP contribution in [0.3, 0.4) is 0 Å². The summed E-state index contributed by atoms with van der Waals surface area (Å²) in [6.45, 7) is 5.76. The van der Waals surface area contributed by atoms with E-state index in [1.165, 1.54) is 0 Å². The lowest BCUT2D eigenvalue weighted by Gasteiger charge is -2.36. The van der Waals surface area contributed by atoms with E-state index < -0.39 is 0 Å². The van der Waals surface area contributed by atoms with Gasteiger partial charge in [-0.15, -0.1) is 0 Å². The fraction of sp³-hybridized carbons (Fsp3) is 0.688. The summed E-state index contributed by atoms with van der Waals surface area (Å²) in [6.07, 6.45) is 3.38. The minimum absolute atomic E-state index is 0.134. The van der Waals surface area contributed by atoms with Gasteiger partial charge in [0.25, 0.3) is 5.91 Å². The molecule has 0 bridgehead atoms. The van der Waals surface area contributed by atoms with Crippen molar-refractivity contribution in [2.45, 2.75) is 31.8 Å². The molecule has 0 aliphatic carbocycles. The SMILES string of the molecule is Cc1ccnc(C2CCN(C(=O)C3CN(C)CCO3)CC2)n1. The second-order valence-electron chi connectivity index (χ2n) is 6.28. The number of hydrogen-bond acceptors (Lipinski definition) is 5. The molecule has 1 aromatic rings. The average molecular weight is 304 g/mol. The number of carbonyl (C=O) groups is 1. The Labute approximate surface area is 131 Å². The summed E-state index contributed by atoms with van der Waals surface area (Å²) in [6, 6.07) is 1.92. The van der Waals surface area contributed by atoms with Gasteiger partial charge in [-0.3, -0.25) is 4.79 Å². The quantitative estimate of drug-likeness (QED) is 0.810. The van der Waals surface area contributed by atoms with E-state index in [4.69, 9.17) is 4.74 Å². The summed E-state index contributed by atoms with van der Waals surface area (Å²) < 4.78 is 5.63. The third kappa shape index (κ3) is 3.44. The molecule has 22 heavy (non-hydrogen) atoms. The Morgan fingerprint density at radius 2 is 2.09 bits per heavy atom. The third-order valence-electron chi connectivity index (χ3n) is 4.53. The highest BCUT2D eigenvalue weighted by Gasteiger charge is 2.32. The van der Waals surface area contributed by atoms with Crippen LogP contribution < -0.4 is 0 Å². The Morgan fingerprint density at radius 3 is 2.77 bits per heavy atom. The molecule has 2 fully saturated rings. The predicted octanol–water partition coefficient (Wildman–Crippen LogP) is 0.822. The molecule has 3 rings (SSSR count). The molecular weight excluding hydrogens is 280 g/mol. The van der Waals surface area contributed by atoms with Crippen molar-refractivity contribution in [1.29, 1.82) is 0 Å². The summed E-state index contributed by atoms with van der Waals surface area (Å²) in [4.78, 5) is 25.5. The van der Waals surface area contributed by atoms with Gasteiger partial charge in [-0.05, 0) is 32.9 Å². The molecule has 1 amide bonds. The van der Waals surface area contributed by atoms with Crippen LogP contribution in [0.1, 0.15) is 30.3 Å². The van der Waals surface area contributed by atoms with Crippen LogP contribution in [0.2, 0.25) is 0 Å². The summed E-state index contributed by atoms with van der Waals surface area (Å²) >= 11 is 0. The topological polar surface area (TPSA) is 58.6 Å². The van der Waals surface area contributed by atoms with E-state index >= 15 is 0 Å². The number of likely N-dealkylation sites (N-methyl/N-ethyl adjacent to an activating group) is 1. The lowest BCUT2D eigenvalue weighted by Crippen LogP contribution is -2.51. The smallest absolute Gasteiger partial charge is 0.253 e. The van der Waals surface area contributed by atoms with Crippen LogP contribution in [0, 0.1) is 6.92 Å². The molecule has 1 atom stereocenters. The summed E-state index contributed by atoms with van der Waals surface area (Å²) in [5, 5.41) is 0. The zero-order valence-electron chi connectivity index (χ0n) is 13.4. The van der Waals surface area contributed by atoms with E-state index in [1.807, 2.05) is 31.1 Å². The van der Waals surface area contributed by atoms with Gasteiger partial charge in [0.05, 0.1) is 6.61 Å². The van der Waals surface area contributed by atoms with E-state index in [0.29, 0.717) is 19.1 Å². The molecule has 0 radical (unpaired) electrons. The third-order valence-corrected chi connectivity index (χ3v) is 4.53. The number of rotatable bonds is 2. The summed E-state index contributed by atoms with van der Waals surface area (Å²) in [7, 11) is 2.03. The molecule has 0 saturated carbocycles. The van der Waals surface area contributed by atoms with E-state index in [2.05, 4.69) is 14.9 Å². The largest absolute Gasteiger partial charge is 0.366 e. The van der Waals surface area contributed by atoms with Crippen LogP contribution in [-0.4, -0.2) is 71.6 Å². The zero-order chi connectivity index (χ0) is 15.5. The van der Waals surface area contributed by atoms with Gasteiger partial charge in [-0.1, -0.05) is 0 Å². The molecule has 6 nitrogen and oxygen atoms in total. The Morgan fingerprint density at radius 1 is 1.32 bits per heavy atom. The van der Waals surface area contributed by atoms with Crippen molar-refractivity contribution in [3.05, 3.63) is 23.8 Å². The highest BCUT2D eigenvalue weighted by molar-refractivity contribution is 5.81. The van der Waals surface area contributed by atoms with E-state index in [1.54, 1.807) is 0 Å². The van der Waals surface area contributed by atoms with E-state index in [-0.39, 0.29) is 12.0 Å². The number of ether oxygens (including phenoxy) is 1. The van der Waals surface area contributed by atoms with Gasteiger partial charge >= 0.3 is 0 Å². The fourth-order valence-corrected chi connectivity index (χ4v) is 3.15. The average Bonchev–Trinajstić information content (AvgIpc) is 2.54. The zero-order valence-corrected chi connectivity index (χ0v) is 13.4. The number of nitrogens with zero attached hydrogens (tertiary/aromatic N) is 4. The Hall–Kier alpha value is -1.53. The standard InChI is InChI=1S/C16H24N4O2/c1-12-3-6-17-15(18-12)13-4-7-20(8-5-13)16(21)14-11-19(2)9-10-22-14/h3,6,13-14H,4-5,7-11H2,1-2H3. The van der Waals surface area contributed by atoms with Crippen molar-refractivity contribution >= 4 is 5.91 Å². The highest BCUT2D eigenvalue weighted by atomic mass is 16.5. The first kappa shape index (κ1) is 15.4. The van der Waals surface area contributed by atoms with Crippen LogP contribution >= 0.6 is 0 Å². The van der Waals surface area contributed by atoms with Crippen molar-refractivity contribution in [3.8, 4) is 0 Å². The maximum Gasteiger partial charge on any atom is 0.253 e. The molecule has 2 saturated heterocycles. The number of piperidine rings is 1. The number of morpholine rings is 1. The van der Waals surface area contributed by atoms with Crippen molar-refractivity contribution < 1.29 is 9.53 Å². The maximum absolute atomic E-state index is 12.5. The molecule has 0 N–H and O–H groups in total. The molecule has 2 aliphatic heterocycles. The van der Waals surface area contributed by atoms with Crippen LogP contribution in [0.5, 0.6) is 0 Å². The fourth-order valence-electron chi connectivity index (χ4n) is 3.15. The molecule has 1 aromatic heterocycles. The number of aromatic nitrogens is 2. The predicted molar refractivity (Wildman–Crippen MR) is 82.6 cm³/mol. The van der Waals surface area contributed by atoms with Gasteiger partial charge in [0.2, 0.25) is 0 Å². The number of amides is 1. The van der Waals surface area contributed by atoms with Crippen molar-refractivity contribution in [3.63, 3.8) is 0 Å². The Bertz CT molecular complexity index is 529. The van der Waals surface area contributed by atoms with Crippen molar-refractivity contribution in [1.82, 2.24) is 19.8 Å². The van der Waals surface area contributed by atoms with Crippen molar-refractivity contribution in [2.75, 3.05) is 39.8 Å². The Balaban J connectivity index is 1.56. The molecule has 0 aromatic carbocycles. The molecule has 2 aliphatic rings. The molecule has 120 valence electrons. The van der Waals surface area contributed by atoms with Crippen LogP contribution in [0.25, 0.3) is 0 Å². The first-order valence-electron chi connectivity index (χ1n) is 8.02. The molecule has 3 heterocycles. The minimum Gasteiger partial charge on any atom is -0.366 e. The van der Waals surface area contributed by atoms with Gasteiger partial charge in [0, 0.05) is 44.0 Å². The van der Waals surface area contributed by atoms with Gasteiger partial charge in [0.15, 0.2) is 0 Å². The number of hydrogen-bond donors (Lipinski definition) is 0. The summed E-state index contributed by atoms with van der Waals surface area (Å²) in [5.74, 6) is 1.41. The molecule has 1 unspecified atom stereocenters. The molecule has 6 heteroatoms. The molecule has 0 spiro atoms. The number of likely N-dealkylation sites (tertiary alicyclic amines) is 1. The minimum atomic E-state index is -0.300. The van der Waals surface area contributed by atoms with Gasteiger partial charge in [-0.25, -0.2) is 9.97 Å². The second-order valence-corrected chi connectivity index (χ2v) is 6.28. The molecular formula is C16H24N4O2. The van der Waals surface area contributed by atoms with Gasteiger partial charge < -0.3 is 14.5 Å². The van der Waals surface area contributed by atoms with Crippen LogP contribution in [0.4, 0.5) is 0 Å². The van der Waals surface area contributed by atoms with Gasteiger partial charge in [0.1, 0.15) is 11.9 Å². The Kier molecular flexibility index (Phi) is 4.69. The highest BCUT2D eigenvalue weighted by Crippen LogP contribution is 2.26. The normalized spacial score (nSPS) is 24.5.